The third-order valence-corrected chi connectivity index (χ3v) is 2.79. The predicted molar refractivity (Wildman–Crippen MR) is 73.7 cm³/mol. The summed E-state index contributed by atoms with van der Waals surface area (Å²) in [6.45, 7) is 13.4. The fourth-order valence-electron chi connectivity index (χ4n) is 1.74. The average Bonchev–Trinajstić information content (AvgIpc) is 2.26. The van der Waals surface area contributed by atoms with E-state index in [1.165, 1.54) is 11.1 Å². The smallest absolute Gasteiger partial charge is 0.123 e. The van der Waals surface area contributed by atoms with Crippen LogP contribution in [0.25, 0.3) is 0 Å². The second kappa shape index (κ2) is 6.06. The van der Waals surface area contributed by atoms with E-state index in [-0.39, 0.29) is 5.41 Å². The summed E-state index contributed by atoms with van der Waals surface area (Å²) in [6, 6.07) is 6.52. The van der Waals surface area contributed by atoms with Crippen LogP contribution in [0.4, 0.5) is 0 Å². The monoisotopic (exact) mass is 235 g/mol. The highest BCUT2D eigenvalue weighted by Gasteiger charge is 2.15. The van der Waals surface area contributed by atoms with E-state index in [0.717, 1.165) is 18.8 Å². The van der Waals surface area contributed by atoms with Crippen LogP contribution >= 0.6 is 0 Å². The highest BCUT2D eigenvalue weighted by molar-refractivity contribution is 5.39. The van der Waals surface area contributed by atoms with Crippen molar-refractivity contribution in [1.29, 1.82) is 0 Å². The first-order valence-corrected chi connectivity index (χ1v) is 6.46. The van der Waals surface area contributed by atoms with E-state index in [0.29, 0.717) is 6.61 Å². The van der Waals surface area contributed by atoms with Gasteiger partial charge in [-0.2, -0.15) is 0 Å². The maximum atomic E-state index is 5.66. The van der Waals surface area contributed by atoms with E-state index in [9.17, 15) is 0 Å². The van der Waals surface area contributed by atoms with E-state index in [1.54, 1.807) is 0 Å². The minimum atomic E-state index is 0.186. The Hall–Kier alpha value is -1.02. The molecule has 0 spiro atoms. The Morgan fingerprint density at radius 3 is 2.41 bits per heavy atom. The molecule has 0 heterocycles. The van der Waals surface area contributed by atoms with Crippen molar-refractivity contribution in [2.24, 2.45) is 0 Å². The van der Waals surface area contributed by atoms with Crippen LogP contribution in [-0.4, -0.2) is 13.2 Å². The molecule has 2 nitrogen and oxygen atoms in total. The van der Waals surface area contributed by atoms with Crippen molar-refractivity contribution < 1.29 is 4.74 Å². The van der Waals surface area contributed by atoms with Gasteiger partial charge < -0.3 is 10.1 Å². The van der Waals surface area contributed by atoms with Crippen molar-refractivity contribution in [2.75, 3.05) is 13.2 Å². The molecule has 0 amide bonds. The highest BCUT2D eigenvalue weighted by atomic mass is 16.5. The molecular formula is C15H25NO. The van der Waals surface area contributed by atoms with Crippen LogP contribution < -0.4 is 10.1 Å². The van der Waals surface area contributed by atoms with Gasteiger partial charge in [0.15, 0.2) is 0 Å². The Balaban J connectivity index is 3.01. The van der Waals surface area contributed by atoms with Crippen molar-refractivity contribution in [3.63, 3.8) is 0 Å². The molecule has 0 saturated carbocycles. The molecule has 0 unspecified atom stereocenters. The number of hydrogen-bond donors (Lipinski definition) is 1. The summed E-state index contributed by atoms with van der Waals surface area (Å²) in [5.41, 5.74) is 2.79. The fraction of sp³-hybridized carbons (Fsp3) is 0.600. The number of hydrogen-bond acceptors (Lipinski definition) is 2. The van der Waals surface area contributed by atoms with Crippen molar-refractivity contribution in [2.45, 2.75) is 46.6 Å². The van der Waals surface area contributed by atoms with Crippen molar-refractivity contribution in [1.82, 2.24) is 5.32 Å². The lowest BCUT2D eigenvalue weighted by atomic mass is 9.86. The molecule has 0 aliphatic carbocycles. The molecule has 0 aliphatic rings. The molecule has 0 bridgehead atoms. The van der Waals surface area contributed by atoms with Gasteiger partial charge in [0.05, 0.1) is 6.61 Å². The molecule has 1 N–H and O–H groups in total. The third-order valence-electron chi connectivity index (χ3n) is 2.79. The molecule has 0 radical (unpaired) electrons. The number of ether oxygens (including phenoxy) is 1. The molecule has 1 rings (SSSR count). The van der Waals surface area contributed by atoms with Gasteiger partial charge in [0.1, 0.15) is 5.75 Å². The molecule has 0 saturated heterocycles. The van der Waals surface area contributed by atoms with Gasteiger partial charge in [0.25, 0.3) is 0 Å². The molecule has 0 atom stereocenters. The Bertz CT molecular complexity index is 352. The van der Waals surface area contributed by atoms with Crippen LogP contribution in [-0.2, 0) is 12.0 Å². The summed E-state index contributed by atoms with van der Waals surface area (Å²) in [4.78, 5) is 0. The van der Waals surface area contributed by atoms with Crippen LogP contribution in [0.15, 0.2) is 18.2 Å². The van der Waals surface area contributed by atoms with Crippen LogP contribution in [0.3, 0.4) is 0 Å². The SMILES string of the molecule is CCNCc1cc(C(C)(C)C)ccc1OCC. The Labute approximate surface area is 105 Å². The zero-order valence-electron chi connectivity index (χ0n) is 11.8. The first-order chi connectivity index (χ1) is 7.99. The Kier molecular flexibility index (Phi) is 5.01. The van der Waals surface area contributed by atoms with E-state index in [4.69, 9.17) is 4.74 Å². The van der Waals surface area contributed by atoms with E-state index in [2.05, 4.69) is 51.2 Å². The lowest BCUT2D eigenvalue weighted by Crippen LogP contribution is -2.16. The van der Waals surface area contributed by atoms with Gasteiger partial charge in [-0.05, 0) is 30.5 Å². The van der Waals surface area contributed by atoms with Gasteiger partial charge in [-0.3, -0.25) is 0 Å². The minimum absolute atomic E-state index is 0.186. The lowest BCUT2D eigenvalue weighted by molar-refractivity contribution is 0.335. The normalized spacial score (nSPS) is 11.6. The third kappa shape index (κ3) is 4.04. The molecule has 96 valence electrons. The van der Waals surface area contributed by atoms with Crippen LogP contribution in [0, 0.1) is 0 Å². The molecule has 1 aromatic rings. The summed E-state index contributed by atoms with van der Waals surface area (Å²) in [6.07, 6.45) is 0. The van der Waals surface area contributed by atoms with E-state index in [1.807, 2.05) is 6.92 Å². The van der Waals surface area contributed by atoms with E-state index >= 15 is 0 Å². The lowest BCUT2D eigenvalue weighted by Gasteiger charge is -2.21. The minimum Gasteiger partial charge on any atom is -0.494 e. The number of benzene rings is 1. The van der Waals surface area contributed by atoms with Crippen LogP contribution in [0.2, 0.25) is 0 Å². The summed E-state index contributed by atoms with van der Waals surface area (Å²) in [7, 11) is 0. The average molecular weight is 235 g/mol. The van der Waals surface area contributed by atoms with Crippen molar-refractivity contribution in [3.05, 3.63) is 29.3 Å². The summed E-state index contributed by atoms with van der Waals surface area (Å²) >= 11 is 0. The first kappa shape index (κ1) is 14.0. The molecule has 0 aromatic heterocycles. The van der Waals surface area contributed by atoms with Gasteiger partial charge in [0, 0.05) is 12.1 Å². The zero-order valence-corrected chi connectivity index (χ0v) is 11.8. The maximum Gasteiger partial charge on any atom is 0.123 e. The summed E-state index contributed by atoms with van der Waals surface area (Å²) in [5.74, 6) is 1.00. The quantitative estimate of drug-likeness (QED) is 0.843. The number of nitrogens with one attached hydrogen (secondary N) is 1. The molecule has 1 aromatic carbocycles. The van der Waals surface area contributed by atoms with Gasteiger partial charge >= 0.3 is 0 Å². The zero-order chi connectivity index (χ0) is 12.9. The second-order valence-electron chi connectivity index (χ2n) is 5.29. The van der Waals surface area contributed by atoms with E-state index < -0.39 is 0 Å². The van der Waals surface area contributed by atoms with Crippen LogP contribution in [0.1, 0.15) is 45.7 Å². The van der Waals surface area contributed by atoms with Crippen molar-refractivity contribution >= 4 is 0 Å². The van der Waals surface area contributed by atoms with Gasteiger partial charge in [-0.25, -0.2) is 0 Å². The van der Waals surface area contributed by atoms with Crippen LogP contribution in [0.5, 0.6) is 5.75 Å². The Morgan fingerprint density at radius 1 is 1.18 bits per heavy atom. The number of rotatable bonds is 5. The topological polar surface area (TPSA) is 21.3 Å². The summed E-state index contributed by atoms with van der Waals surface area (Å²) in [5, 5.41) is 3.36. The van der Waals surface area contributed by atoms with Crippen molar-refractivity contribution in [3.8, 4) is 5.75 Å². The second-order valence-corrected chi connectivity index (χ2v) is 5.29. The fourth-order valence-corrected chi connectivity index (χ4v) is 1.74. The molecular weight excluding hydrogens is 210 g/mol. The molecule has 2 heteroatoms. The predicted octanol–water partition coefficient (Wildman–Crippen LogP) is 3.49. The highest BCUT2D eigenvalue weighted by Crippen LogP contribution is 2.28. The Morgan fingerprint density at radius 2 is 1.88 bits per heavy atom. The van der Waals surface area contributed by atoms with Gasteiger partial charge in [0.2, 0.25) is 0 Å². The molecule has 0 fully saturated rings. The van der Waals surface area contributed by atoms with Gasteiger partial charge in [-0.15, -0.1) is 0 Å². The first-order valence-electron chi connectivity index (χ1n) is 6.46. The maximum absolute atomic E-state index is 5.66. The molecule has 0 aliphatic heterocycles. The largest absolute Gasteiger partial charge is 0.494 e. The molecule has 17 heavy (non-hydrogen) atoms. The standard InChI is InChI=1S/C15H25NO/c1-6-16-11-12-10-13(15(3,4)5)8-9-14(12)17-7-2/h8-10,16H,6-7,11H2,1-5H3. The summed E-state index contributed by atoms with van der Waals surface area (Å²) < 4.78 is 5.66. The van der Waals surface area contributed by atoms with Gasteiger partial charge in [-0.1, -0.05) is 39.8 Å².